The first-order chi connectivity index (χ1) is 15.4. The summed E-state index contributed by atoms with van der Waals surface area (Å²) in [5.41, 5.74) is 1.28. The lowest BCUT2D eigenvalue weighted by molar-refractivity contribution is 0.0600. The lowest BCUT2D eigenvalue weighted by Crippen LogP contribution is -2.31. The molecule has 0 saturated heterocycles. The molecule has 0 aliphatic carbocycles. The maximum atomic E-state index is 12.8. The van der Waals surface area contributed by atoms with E-state index in [0.717, 1.165) is 0 Å². The van der Waals surface area contributed by atoms with E-state index < -0.39 is 11.9 Å². The number of methoxy groups -OCH3 is 1. The average Bonchev–Trinajstić information content (AvgIpc) is 2.79. The van der Waals surface area contributed by atoms with Crippen molar-refractivity contribution in [2.24, 2.45) is 0 Å². The van der Waals surface area contributed by atoms with Gasteiger partial charge in [-0.15, -0.1) is 0 Å². The summed E-state index contributed by atoms with van der Waals surface area (Å²) in [6.45, 7) is 3.70. The second-order valence-corrected chi connectivity index (χ2v) is 7.27. The van der Waals surface area contributed by atoms with Gasteiger partial charge in [0.25, 0.3) is 11.8 Å². The zero-order valence-electron chi connectivity index (χ0n) is 18.0. The van der Waals surface area contributed by atoms with E-state index in [0.29, 0.717) is 28.3 Å². The third kappa shape index (κ3) is 5.72. The van der Waals surface area contributed by atoms with Gasteiger partial charge in [0, 0.05) is 11.6 Å². The Hall–Kier alpha value is -4.13. The first kappa shape index (κ1) is 22.6. The number of esters is 1. The zero-order valence-corrected chi connectivity index (χ0v) is 18.0. The predicted molar refractivity (Wildman–Crippen MR) is 121 cm³/mol. The van der Waals surface area contributed by atoms with Gasteiger partial charge in [0.05, 0.1) is 23.9 Å². The van der Waals surface area contributed by atoms with Crippen molar-refractivity contribution in [1.29, 1.82) is 0 Å². The van der Waals surface area contributed by atoms with Crippen LogP contribution in [0, 0.1) is 0 Å². The van der Waals surface area contributed by atoms with E-state index in [4.69, 9.17) is 4.74 Å². The lowest BCUT2D eigenvalue weighted by atomic mass is 10.1. The fraction of sp³-hybridized carbons (Fsp3) is 0.160. The molecule has 0 aliphatic rings. The number of amides is 2. The molecule has 164 valence electrons. The van der Waals surface area contributed by atoms with Crippen LogP contribution in [-0.4, -0.2) is 30.9 Å². The standard InChI is InChI=1S/C25H24N2O5/c1-16(2)26-24(29)21-15-20(32-19-7-5-4-6-8-19)13-14-22(21)27-23(28)17-9-11-18(12-10-17)25(30)31-3/h4-16H,1-3H3,(H,26,29)(H,27,28). The van der Waals surface area contributed by atoms with Gasteiger partial charge in [-0.25, -0.2) is 4.79 Å². The summed E-state index contributed by atoms with van der Waals surface area (Å²) in [6.07, 6.45) is 0. The molecular weight excluding hydrogens is 408 g/mol. The van der Waals surface area contributed by atoms with Crippen molar-refractivity contribution < 1.29 is 23.9 Å². The smallest absolute Gasteiger partial charge is 0.337 e. The highest BCUT2D eigenvalue weighted by Gasteiger charge is 2.17. The van der Waals surface area contributed by atoms with Gasteiger partial charge < -0.3 is 20.1 Å². The van der Waals surface area contributed by atoms with E-state index >= 15 is 0 Å². The number of ether oxygens (including phenoxy) is 2. The number of benzene rings is 3. The molecule has 0 aliphatic heterocycles. The molecule has 32 heavy (non-hydrogen) atoms. The highest BCUT2D eigenvalue weighted by molar-refractivity contribution is 6.09. The molecular formula is C25H24N2O5. The summed E-state index contributed by atoms with van der Waals surface area (Å²) in [6, 6.07) is 20.0. The van der Waals surface area contributed by atoms with Crippen molar-refractivity contribution in [3.8, 4) is 11.5 Å². The molecule has 0 aromatic heterocycles. The normalized spacial score (nSPS) is 10.4. The molecule has 3 rings (SSSR count). The SMILES string of the molecule is COC(=O)c1ccc(C(=O)Nc2ccc(Oc3ccccc3)cc2C(=O)NC(C)C)cc1. The Bertz CT molecular complexity index is 1110. The monoisotopic (exact) mass is 432 g/mol. The second-order valence-electron chi connectivity index (χ2n) is 7.27. The minimum absolute atomic E-state index is 0.0874. The van der Waals surface area contributed by atoms with Gasteiger partial charge in [0.2, 0.25) is 0 Å². The summed E-state index contributed by atoms with van der Waals surface area (Å²) in [5.74, 6) is -0.152. The van der Waals surface area contributed by atoms with Crippen LogP contribution in [0.1, 0.15) is 44.9 Å². The first-order valence-corrected chi connectivity index (χ1v) is 10.0. The average molecular weight is 432 g/mol. The van der Waals surface area contributed by atoms with Crippen molar-refractivity contribution in [3.63, 3.8) is 0 Å². The molecule has 0 fully saturated rings. The van der Waals surface area contributed by atoms with Crippen LogP contribution in [0.5, 0.6) is 11.5 Å². The largest absolute Gasteiger partial charge is 0.465 e. The minimum atomic E-state index is -0.487. The molecule has 0 bridgehead atoms. The van der Waals surface area contributed by atoms with Gasteiger partial charge in [-0.05, 0) is 68.4 Å². The highest BCUT2D eigenvalue weighted by atomic mass is 16.5. The molecule has 7 nitrogen and oxygen atoms in total. The number of para-hydroxylation sites is 1. The van der Waals surface area contributed by atoms with Crippen LogP contribution in [-0.2, 0) is 4.74 Å². The van der Waals surface area contributed by atoms with Crippen LogP contribution >= 0.6 is 0 Å². The molecule has 3 aromatic rings. The van der Waals surface area contributed by atoms with Crippen molar-refractivity contribution in [2.75, 3.05) is 12.4 Å². The summed E-state index contributed by atoms with van der Waals surface area (Å²) >= 11 is 0. The van der Waals surface area contributed by atoms with Crippen LogP contribution in [0.3, 0.4) is 0 Å². The van der Waals surface area contributed by atoms with Crippen molar-refractivity contribution in [3.05, 3.63) is 89.5 Å². The molecule has 2 amide bonds. The van der Waals surface area contributed by atoms with Crippen molar-refractivity contribution >= 4 is 23.5 Å². The number of carbonyl (C=O) groups is 3. The van der Waals surface area contributed by atoms with Crippen LogP contribution in [0.25, 0.3) is 0 Å². The van der Waals surface area contributed by atoms with E-state index in [-0.39, 0.29) is 17.5 Å². The third-order valence-electron chi connectivity index (χ3n) is 4.45. The van der Waals surface area contributed by atoms with Gasteiger partial charge in [0.15, 0.2) is 0 Å². The number of nitrogens with one attached hydrogen (secondary N) is 2. The van der Waals surface area contributed by atoms with Gasteiger partial charge >= 0.3 is 5.97 Å². The Balaban J connectivity index is 1.86. The highest BCUT2D eigenvalue weighted by Crippen LogP contribution is 2.27. The Labute approximate surface area is 186 Å². The van der Waals surface area contributed by atoms with Gasteiger partial charge in [-0.1, -0.05) is 18.2 Å². The fourth-order valence-electron chi connectivity index (χ4n) is 2.92. The number of hydrogen-bond donors (Lipinski definition) is 2. The van der Waals surface area contributed by atoms with E-state index in [1.807, 2.05) is 44.2 Å². The van der Waals surface area contributed by atoms with Crippen LogP contribution in [0.15, 0.2) is 72.8 Å². The molecule has 0 unspecified atom stereocenters. The molecule has 2 N–H and O–H groups in total. The Morgan fingerprint density at radius 1 is 0.781 bits per heavy atom. The topological polar surface area (TPSA) is 93.7 Å². The Kier molecular flexibility index (Phi) is 7.23. The third-order valence-corrected chi connectivity index (χ3v) is 4.45. The van der Waals surface area contributed by atoms with Crippen molar-refractivity contribution in [1.82, 2.24) is 5.32 Å². The summed E-state index contributed by atoms with van der Waals surface area (Å²) in [7, 11) is 1.29. The van der Waals surface area contributed by atoms with Crippen molar-refractivity contribution in [2.45, 2.75) is 19.9 Å². The molecule has 0 atom stereocenters. The minimum Gasteiger partial charge on any atom is -0.465 e. The number of rotatable bonds is 7. The molecule has 0 radical (unpaired) electrons. The lowest BCUT2D eigenvalue weighted by Gasteiger charge is -2.15. The van der Waals surface area contributed by atoms with E-state index in [1.165, 1.54) is 31.4 Å². The summed E-state index contributed by atoms with van der Waals surface area (Å²) < 4.78 is 10.5. The molecule has 7 heteroatoms. The number of anilines is 1. The summed E-state index contributed by atoms with van der Waals surface area (Å²) in [4.78, 5) is 37.1. The fourth-order valence-corrected chi connectivity index (χ4v) is 2.92. The van der Waals surface area contributed by atoms with Gasteiger partial charge in [0.1, 0.15) is 11.5 Å². The molecule has 0 saturated carbocycles. The van der Waals surface area contributed by atoms with Crippen LogP contribution < -0.4 is 15.4 Å². The molecule has 0 spiro atoms. The Morgan fingerprint density at radius 3 is 2.06 bits per heavy atom. The zero-order chi connectivity index (χ0) is 23.1. The second kappa shape index (κ2) is 10.3. The number of hydrogen-bond acceptors (Lipinski definition) is 5. The molecule has 3 aromatic carbocycles. The maximum Gasteiger partial charge on any atom is 0.337 e. The predicted octanol–water partition coefficient (Wildman–Crippen LogP) is 4.66. The molecule has 0 heterocycles. The van der Waals surface area contributed by atoms with E-state index in [9.17, 15) is 14.4 Å². The summed E-state index contributed by atoms with van der Waals surface area (Å²) in [5, 5.41) is 5.60. The van der Waals surface area contributed by atoms with E-state index in [2.05, 4.69) is 15.4 Å². The van der Waals surface area contributed by atoms with Gasteiger partial charge in [-0.2, -0.15) is 0 Å². The van der Waals surface area contributed by atoms with Crippen LogP contribution in [0.2, 0.25) is 0 Å². The van der Waals surface area contributed by atoms with Gasteiger partial charge in [-0.3, -0.25) is 9.59 Å². The quantitative estimate of drug-likeness (QED) is 0.530. The number of carbonyl (C=O) groups excluding carboxylic acids is 3. The first-order valence-electron chi connectivity index (χ1n) is 10.0. The van der Waals surface area contributed by atoms with Crippen LogP contribution in [0.4, 0.5) is 5.69 Å². The maximum absolute atomic E-state index is 12.8. The van der Waals surface area contributed by atoms with E-state index in [1.54, 1.807) is 18.2 Å². The Morgan fingerprint density at radius 2 is 1.44 bits per heavy atom.